The van der Waals surface area contributed by atoms with E-state index in [0.29, 0.717) is 18.2 Å². The molecule has 0 atom stereocenters. The molecule has 0 aromatic heterocycles. The maximum Gasteiger partial charge on any atom is 0.232 e. The van der Waals surface area contributed by atoms with E-state index < -0.39 is 10.0 Å². The van der Waals surface area contributed by atoms with Crippen LogP contribution in [0.5, 0.6) is 0 Å². The topological polar surface area (TPSA) is 69.7 Å². The number of nitrogens with zero attached hydrogens (tertiary/aromatic N) is 2. The molecule has 0 aliphatic carbocycles. The Balaban J connectivity index is 1.97. The molecule has 146 valence electrons. The van der Waals surface area contributed by atoms with Gasteiger partial charge >= 0.3 is 0 Å². The number of nitrogens with one attached hydrogen (secondary N) is 1. The van der Waals surface area contributed by atoms with Crippen LogP contribution in [0, 0.1) is 5.92 Å². The highest BCUT2D eigenvalue weighted by atomic mass is 32.2. The first-order valence-corrected chi connectivity index (χ1v) is 11.2. The van der Waals surface area contributed by atoms with Crippen molar-refractivity contribution < 1.29 is 13.2 Å². The smallest absolute Gasteiger partial charge is 0.232 e. The number of hydrogen-bond donors (Lipinski definition) is 1. The molecule has 1 aliphatic rings. The number of amides is 1. The van der Waals surface area contributed by atoms with Gasteiger partial charge in [0.05, 0.1) is 11.9 Å². The second-order valence-electron chi connectivity index (χ2n) is 7.33. The van der Waals surface area contributed by atoms with Crippen LogP contribution in [-0.4, -0.2) is 46.8 Å². The quantitative estimate of drug-likeness (QED) is 0.714. The Bertz CT molecular complexity index is 680. The monoisotopic (exact) mass is 381 g/mol. The molecule has 0 spiro atoms. The molecule has 1 amide bonds. The first-order valence-electron chi connectivity index (χ1n) is 9.37. The molecule has 1 fully saturated rings. The van der Waals surface area contributed by atoms with Crippen molar-refractivity contribution in [3.8, 4) is 0 Å². The number of rotatable bonds is 9. The van der Waals surface area contributed by atoms with E-state index in [1.807, 2.05) is 24.3 Å². The summed E-state index contributed by atoms with van der Waals surface area (Å²) in [4.78, 5) is 14.3. The zero-order chi connectivity index (χ0) is 19.2. The van der Waals surface area contributed by atoms with Crippen molar-refractivity contribution in [1.82, 2.24) is 5.32 Å². The summed E-state index contributed by atoms with van der Waals surface area (Å²) < 4.78 is 25.7. The van der Waals surface area contributed by atoms with Gasteiger partial charge in [0.2, 0.25) is 15.9 Å². The van der Waals surface area contributed by atoms with Gasteiger partial charge in [-0.3, -0.25) is 9.10 Å². The molecule has 2 rings (SSSR count). The van der Waals surface area contributed by atoms with E-state index in [2.05, 4.69) is 24.1 Å². The fourth-order valence-corrected chi connectivity index (χ4v) is 4.01. The number of hydrogen-bond acceptors (Lipinski definition) is 4. The third-order valence-electron chi connectivity index (χ3n) is 4.60. The second-order valence-corrected chi connectivity index (χ2v) is 9.23. The van der Waals surface area contributed by atoms with Crippen LogP contribution >= 0.6 is 0 Å². The number of carbonyl (C=O) groups is 1. The first kappa shape index (κ1) is 20.6. The molecule has 7 heteroatoms. The van der Waals surface area contributed by atoms with Crippen LogP contribution in [0.3, 0.4) is 0 Å². The summed E-state index contributed by atoms with van der Waals surface area (Å²) in [6.07, 6.45) is 4.64. The van der Waals surface area contributed by atoms with Crippen molar-refractivity contribution in [3.05, 3.63) is 24.3 Å². The normalized spacial score (nSPS) is 14.7. The predicted octanol–water partition coefficient (Wildman–Crippen LogP) is 2.61. The first-order chi connectivity index (χ1) is 12.3. The molecule has 1 N–H and O–H groups in total. The SMILES string of the molecule is CC(C)CCNC(=O)CCN(c1ccc(N2CCCC2)cc1)S(C)(=O)=O. The Labute approximate surface area is 157 Å². The van der Waals surface area contributed by atoms with Crippen molar-refractivity contribution >= 4 is 27.3 Å². The van der Waals surface area contributed by atoms with Gasteiger partial charge in [0.1, 0.15) is 0 Å². The van der Waals surface area contributed by atoms with Crippen LogP contribution in [0.1, 0.15) is 39.5 Å². The third kappa shape index (κ3) is 6.20. The number of benzene rings is 1. The van der Waals surface area contributed by atoms with Crippen LogP contribution in [0.4, 0.5) is 11.4 Å². The zero-order valence-electron chi connectivity index (χ0n) is 16.1. The van der Waals surface area contributed by atoms with Gasteiger partial charge in [-0.05, 0) is 49.4 Å². The van der Waals surface area contributed by atoms with E-state index in [4.69, 9.17) is 0 Å². The van der Waals surface area contributed by atoms with Gasteiger partial charge in [-0.25, -0.2) is 8.42 Å². The van der Waals surface area contributed by atoms with E-state index in [-0.39, 0.29) is 18.9 Å². The summed E-state index contributed by atoms with van der Waals surface area (Å²) in [7, 11) is -3.44. The van der Waals surface area contributed by atoms with Crippen LogP contribution in [0.2, 0.25) is 0 Å². The largest absolute Gasteiger partial charge is 0.372 e. The average molecular weight is 382 g/mol. The van der Waals surface area contributed by atoms with Crippen molar-refractivity contribution in [2.45, 2.75) is 39.5 Å². The Hall–Kier alpha value is -1.76. The molecule has 1 aromatic rings. The Morgan fingerprint density at radius 3 is 2.35 bits per heavy atom. The minimum absolute atomic E-state index is 0.118. The van der Waals surface area contributed by atoms with Crippen LogP contribution in [-0.2, 0) is 14.8 Å². The predicted molar refractivity (Wildman–Crippen MR) is 107 cm³/mol. The van der Waals surface area contributed by atoms with E-state index >= 15 is 0 Å². The fourth-order valence-electron chi connectivity index (χ4n) is 3.08. The van der Waals surface area contributed by atoms with E-state index in [9.17, 15) is 13.2 Å². The van der Waals surface area contributed by atoms with E-state index in [1.54, 1.807) is 0 Å². The molecule has 1 heterocycles. The van der Waals surface area contributed by atoms with Crippen LogP contribution in [0.25, 0.3) is 0 Å². The lowest BCUT2D eigenvalue weighted by atomic mass is 10.1. The molecule has 0 unspecified atom stereocenters. The van der Waals surface area contributed by atoms with Crippen molar-refractivity contribution in [2.75, 3.05) is 41.6 Å². The lowest BCUT2D eigenvalue weighted by molar-refractivity contribution is -0.120. The lowest BCUT2D eigenvalue weighted by Crippen LogP contribution is -2.35. The van der Waals surface area contributed by atoms with Gasteiger partial charge < -0.3 is 10.2 Å². The van der Waals surface area contributed by atoms with Gasteiger partial charge in [0, 0.05) is 38.3 Å². The summed E-state index contributed by atoms with van der Waals surface area (Å²) in [5.41, 5.74) is 1.72. The molecule has 0 saturated carbocycles. The van der Waals surface area contributed by atoms with Gasteiger partial charge in [0.15, 0.2) is 0 Å². The Morgan fingerprint density at radius 1 is 1.19 bits per heavy atom. The van der Waals surface area contributed by atoms with E-state index in [0.717, 1.165) is 25.2 Å². The van der Waals surface area contributed by atoms with Crippen molar-refractivity contribution in [1.29, 1.82) is 0 Å². The lowest BCUT2D eigenvalue weighted by Gasteiger charge is -2.24. The highest BCUT2D eigenvalue weighted by molar-refractivity contribution is 7.92. The minimum Gasteiger partial charge on any atom is -0.372 e. The van der Waals surface area contributed by atoms with Crippen LogP contribution < -0.4 is 14.5 Å². The molecular formula is C19H31N3O3S. The molecule has 1 aliphatic heterocycles. The molecule has 26 heavy (non-hydrogen) atoms. The highest BCUT2D eigenvalue weighted by Crippen LogP contribution is 2.25. The Morgan fingerprint density at radius 2 is 1.81 bits per heavy atom. The standard InChI is InChI=1S/C19H31N3O3S/c1-16(2)10-12-20-19(23)11-15-22(26(3,24)25)18-8-6-17(7-9-18)21-13-4-5-14-21/h6-9,16H,4-5,10-15H2,1-3H3,(H,20,23). The number of sulfonamides is 1. The van der Waals surface area contributed by atoms with Crippen molar-refractivity contribution in [2.24, 2.45) is 5.92 Å². The Kier molecular flexibility index (Phi) is 7.32. The average Bonchev–Trinajstić information content (AvgIpc) is 3.08. The van der Waals surface area contributed by atoms with Crippen LogP contribution in [0.15, 0.2) is 24.3 Å². The minimum atomic E-state index is -3.44. The third-order valence-corrected chi connectivity index (χ3v) is 5.79. The highest BCUT2D eigenvalue weighted by Gasteiger charge is 2.19. The molecule has 1 saturated heterocycles. The molecule has 6 nitrogen and oxygen atoms in total. The summed E-state index contributed by atoms with van der Waals surface area (Å²) >= 11 is 0. The van der Waals surface area contributed by atoms with Crippen molar-refractivity contribution in [3.63, 3.8) is 0 Å². The number of carbonyl (C=O) groups excluding carboxylic acids is 1. The number of anilines is 2. The summed E-state index contributed by atoms with van der Waals surface area (Å²) in [5, 5.41) is 2.85. The maximum absolute atomic E-state index is 12.2. The summed E-state index contributed by atoms with van der Waals surface area (Å²) in [6, 6.07) is 7.57. The fraction of sp³-hybridized carbons (Fsp3) is 0.632. The summed E-state index contributed by atoms with van der Waals surface area (Å²) in [5.74, 6) is 0.407. The van der Waals surface area contributed by atoms with Gasteiger partial charge in [-0.15, -0.1) is 0 Å². The molecule has 1 aromatic carbocycles. The second kappa shape index (κ2) is 9.26. The molecular weight excluding hydrogens is 350 g/mol. The molecule has 0 radical (unpaired) electrons. The van der Waals surface area contributed by atoms with Gasteiger partial charge in [-0.1, -0.05) is 13.8 Å². The summed E-state index contributed by atoms with van der Waals surface area (Å²) in [6.45, 7) is 7.07. The van der Waals surface area contributed by atoms with Gasteiger partial charge in [0.25, 0.3) is 0 Å². The molecule has 0 bridgehead atoms. The van der Waals surface area contributed by atoms with Gasteiger partial charge in [-0.2, -0.15) is 0 Å². The zero-order valence-corrected chi connectivity index (χ0v) is 16.9. The maximum atomic E-state index is 12.2. The van der Waals surface area contributed by atoms with E-state index in [1.165, 1.54) is 23.4 Å².